The average molecular weight is 1120 g/mol. The number of esters is 1. The topological polar surface area (TPSA) is 175 Å². The molecular formula is C69H119NO10. The van der Waals surface area contributed by atoms with E-state index in [1.54, 1.807) is 6.08 Å². The SMILES string of the molecule is CC/C=C\C/C=C\C/C=C\C/C=C\C/C=C\CCCCCC(=O)OC1C(OCC(NC(=O)C(O)CCCCCCCCCCCC/C=C\C/C=C\CCCCC)C(O)/C=C/CCCCCCCCCCCC)OC(CO)C(O)C1O. The van der Waals surface area contributed by atoms with Crippen molar-refractivity contribution in [3.8, 4) is 0 Å². The van der Waals surface area contributed by atoms with E-state index in [1.165, 1.54) is 116 Å². The second-order valence-corrected chi connectivity index (χ2v) is 22.1. The number of allylic oxidation sites excluding steroid dienone is 15. The minimum Gasteiger partial charge on any atom is -0.454 e. The van der Waals surface area contributed by atoms with Crippen molar-refractivity contribution in [1.29, 1.82) is 0 Å². The summed E-state index contributed by atoms with van der Waals surface area (Å²) in [7, 11) is 0. The first-order valence-electron chi connectivity index (χ1n) is 32.5. The quantitative estimate of drug-likeness (QED) is 0.0195. The number of nitrogens with one attached hydrogen (secondary N) is 1. The van der Waals surface area contributed by atoms with Crippen molar-refractivity contribution in [2.75, 3.05) is 13.2 Å². The van der Waals surface area contributed by atoms with E-state index >= 15 is 0 Å². The van der Waals surface area contributed by atoms with Crippen LogP contribution in [0.5, 0.6) is 0 Å². The molecule has 1 amide bonds. The second-order valence-electron chi connectivity index (χ2n) is 22.1. The molecule has 11 heteroatoms. The molecular weight excluding hydrogens is 1000 g/mol. The second kappa shape index (κ2) is 56.1. The van der Waals surface area contributed by atoms with Gasteiger partial charge in [-0.2, -0.15) is 0 Å². The minimum absolute atomic E-state index is 0.0801. The zero-order valence-corrected chi connectivity index (χ0v) is 50.9. The molecule has 1 heterocycles. The molecule has 80 heavy (non-hydrogen) atoms. The summed E-state index contributed by atoms with van der Waals surface area (Å²) in [5.74, 6) is -1.23. The summed E-state index contributed by atoms with van der Waals surface area (Å²) >= 11 is 0. The number of carbonyl (C=O) groups excluding carboxylic acids is 2. The van der Waals surface area contributed by atoms with Gasteiger partial charge in [-0.3, -0.25) is 9.59 Å². The van der Waals surface area contributed by atoms with Crippen molar-refractivity contribution >= 4 is 11.9 Å². The van der Waals surface area contributed by atoms with Gasteiger partial charge in [-0.1, -0.05) is 253 Å². The Morgan fingerprint density at radius 2 is 0.900 bits per heavy atom. The van der Waals surface area contributed by atoms with Crippen molar-refractivity contribution in [3.05, 3.63) is 97.2 Å². The molecule has 0 aromatic carbocycles. The number of carbonyl (C=O) groups is 2. The van der Waals surface area contributed by atoms with Crippen LogP contribution in [0.1, 0.15) is 265 Å². The van der Waals surface area contributed by atoms with Crippen LogP contribution in [0.25, 0.3) is 0 Å². The summed E-state index contributed by atoms with van der Waals surface area (Å²) in [6.07, 6.45) is 64.4. The highest BCUT2D eigenvalue weighted by molar-refractivity contribution is 5.80. The third kappa shape index (κ3) is 43.3. The number of rotatable bonds is 54. The van der Waals surface area contributed by atoms with Crippen LogP contribution in [0.15, 0.2) is 97.2 Å². The van der Waals surface area contributed by atoms with Gasteiger partial charge in [0.15, 0.2) is 12.4 Å². The highest BCUT2D eigenvalue weighted by atomic mass is 16.7. The van der Waals surface area contributed by atoms with Gasteiger partial charge in [0, 0.05) is 6.42 Å². The van der Waals surface area contributed by atoms with Gasteiger partial charge < -0.3 is 45.1 Å². The van der Waals surface area contributed by atoms with Crippen molar-refractivity contribution in [2.45, 2.75) is 314 Å². The first-order valence-corrected chi connectivity index (χ1v) is 32.5. The number of hydrogen-bond acceptors (Lipinski definition) is 10. The Labute approximate surface area is 488 Å². The van der Waals surface area contributed by atoms with E-state index < -0.39 is 67.4 Å². The van der Waals surface area contributed by atoms with Crippen LogP contribution < -0.4 is 5.32 Å². The lowest BCUT2D eigenvalue weighted by Crippen LogP contribution is -2.61. The zero-order valence-electron chi connectivity index (χ0n) is 50.9. The van der Waals surface area contributed by atoms with E-state index in [2.05, 4.69) is 111 Å². The third-order valence-electron chi connectivity index (χ3n) is 14.7. The first kappa shape index (κ1) is 74.6. The molecule has 0 spiro atoms. The molecule has 1 aliphatic rings. The van der Waals surface area contributed by atoms with Crippen LogP contribution in [-0.4, -0.2) is 99.6 Å². The fourth-order valence-corrected chi connectivity index (χ4v) is 9.59. The molecule has 6 N–H and O–H groups in total. The molecule has 11 nitrogen and oxygen atoms in total. The summed E-state index contributed by atoms with van der Waals surface area (Å²) < 4.78 is 17.6. The normalized spacial score (nSPS) is 19.4. The van der Waals surface area contributed by atoms with Crippen molar-refractivity contribution < 1.29 is 49.3 Å². The lowest BCUT2D eigenvalue weighted by atomic mass is 9.99. The van der Waals surface area contributed by atoms with E-state index in [-0.39, 0.29) is 19.4 Å². The summed E-state index contributed by atoms with van der Waals surface area (Å²) in [6.45, 7) is 5.64. The molecule has 0 aromatic heterocycles. The molecule has 1 rings (SSSR count). The largest absolute Gasteiger partial charge is 0.454 e. The highest BCUT2D eigenvalue weighted by Gasteiger charge is 2.47. The molecule has 1 aliphatic heterocycles. The molecule has 0 bridgehead atoms. The molecule has 0 aliphatic carbocycles. The Bertz CT molecular complexity index is 1670. The van der Waals surface area contributed by atoms with Gasteiger partial charge >= 0.3 is 5.97 Å². The Morgan fingerprint density at radius 1 is 0.500 bits per heavy atom. The van der Waals surface area contributed by atoms with Gasteiger partial charge in [0.05, 0.1) is 25.4 Å². The molecule has 0 saturated carbocycles. The Hall–Kier alpha value is -3.42. The van der Waals surface area contributed by atoms with Gasteiger partial charge in [-0.05, 0) is 103 Å². The third-order valence-corrected chi connectivity index (χ3v) is 14.7. The summed E-state index contributed by atoms with van der Waals surface area (Å²) in [5, 5.41) is 57.1. The van der Waals surface area contributed by atoms with Gasteiger partial charge in [-0.25, -0.2) is 0 Å². The van der Waals surface area contributed by atoms with E-state index in [0.717, 1.165) is 103 Å². The predicted octanol–water partition coefficient (Wildman–Crippen LogP) is 15.9. The smallest absolute Gasteiger partial charge is 0.306 e. The molecule has 460 valence electrons. The van der Waals surface area contributed by atoms with Gasteiger partial charge in [0.1, 0.15) is 24.4 Å². The van der Waals surface area contributed by atoms with Gasteiger partial charge in [0.2, 0.25) is 5.91 Å². The number of aliphatic hydroxyl groups is 5. The van der Waals surface area contributed by atoms with Crippen LogP contribution in [0.2, 0.25) is 0 Å². The lowest BCUT2D eigenvalue weighted by molar-refractivity contribution is -0.305. The van der Waals surface area contributed by atoms with Crippen LogP contribution in [-0.2, 0) is 23.8 Å². The number of amides is 1. The van der Waals surface area contributed by atoms with Gasteiger partial charge in [-0.15, -0.1) is 0 Å². The number of unbranched alkanes of at least 4 members (excludes halogenated alkanes) is 26. The molecule has 0 aromatic rings. The van der Waals surface area contributed by atoms with Crippen LogP contribution in [0.3, 0.4) is 0 Å². The standard InChI is InChI=1S/C69H119NO10/c1-4-7-10-13-16-19-22-25-27-29-31-33-34-36-38-41-44-47-50-53-56-62(73)68(77)70-60(61(72)55-52-49-46-43-40-24-21-18-15-12-9-6-3)59-78-69-67(66(76)65(75)63(58-71)79-69)80-64(74)57-54-51-48-45-42-39-37-35-32-30-28-26-23-20-17-14-11-8-5-2/h8,11,16-17,19-20,25-28,32,35,39,42,52,55,60-63,65-67,69,71-73,75-76H,4-7,9-10,12-15,18,21-24,29-31,33-34,36-38,40-41,43-51,53-54,56-59H2,1-3H3,(H,70,77)/b11-8-,19-16-,20-17-,27-25-,28-26-,35-32-,42-39-,55-52+. The number of aliphatic hydroxyl groups excluding tert-OH is 5. The van der Waals surface area contributed by atoms with Crippen molar-refractivity contribution in [1.82, 2.24) is 5.32 Å². The summed E-state index contributed by atoms with van der Waals surface area (Å²) in [5.41, 5.74) is 0. The fourth-order valence-electron chi connectivity index (χ4n) is 9.59. The lowest BCUT2D eigenvalue weighted by Gasteiger charge is -2.41. The monoisotopic (exact) mass is 1120 g/mol. The van der Waals surface area contributed by atoms with Crippen LogP contribution in [0, 0.1) is 0 Å². The number of ether oxygens (including phenoxy) is 3. The molecule has 8 unspecified atom stereocenters. The maximum absolute atomic E-state index is 13.5. The maximum Gasteiger partial charge on any atom is 0.306 e. The predicted molar refractivity (Wildman–Crippen MR) is 333 cm³/mol. The molecule has 8 atom stereocenters. The van der Waals surface area contributed by atoms with E-state index in [1.807, 2.05) is 6.08 Å². The molecule has 1 fully saturated rings. The first-order chi connectivity index (χ1) is 39.2. The fraction of sp³-hybridized carbons (Fsp3) is 0.739. The molecule has 1 saturated heterocycles. The Morgan fingerprint density at radius 3 is 1.38 bits per heavy atom. The van der Waals surface area contributed by atoms with Crippen LogP contribution in [0.4, 0.5) is 0 Å². The Kier molecular flexibility index (Phi) is 52.3. The number of hydrogen-bond donors (Lipinski definition) is 6. The van der Waals surface area contributed by atoms with Crippen molar-refractivity contribution in [2.24, 2.45) is 0 Å². The molecule has 0 radical (unpaired) electrons. The van der Waals surface area contributed by atoms with E-state index in [0.29, 0.717) is 12.8 Å². The van der Waals surface area contributed by atoms with E-state index in [9.17, 15) is 35.1 Å². The zero-order chi connectivity index (χ0) is 58.2. The van der Waals surface area contributed by atoms with Crippen LogP contribution >= 0.6 is 0 Å². The van der Waals surface area contributed by atoms with Crippen molar-refractivity contribution in [3.63, 3.8) is 0 Å². The van der Waals surface area contributed by atoms with E-state index in [4.69, 9.17) is 14.2 Å². The summed E-state index contributed by atoms with van der Waals surface area (Å²) in [6, 6.07) is -1.04. The Balaban J connectivity index is 2.67. The highest BCUT2D eigenvalue weighted by Crippen LogP contribution is 2.26. The maximum atomic E-state index is 13.5. The minimum atomic E-state index is -1.63. The average Bonchev–Trinajstić information content (AvgIpc) is 3.48. The van der Waals surface area contributed by atoms with Gasteiger partial charge in [0.25, 0.3) is 0 Å². The summed E-state index contributed by atoms with van der Waals surface area (Å²) in [4.78, 5) is 26.6.